The molecule has 0 bridgehead atoms. The van der Waals surface area contributed by atoms with E-state index >= 15 is 0 Å². The van der Waals surface area contributed by atoms with Gasteiger partial charge in [-0.1, -0.05) is 23.7 Å². The van der Waals surface area contributed by atoms with Gasteiger partial charge in [-0.05, 0) is 55.0 Å². The minimum atomic E-state index is -4.44. The van der Waals surface area contributed by atoms with Crippen molar-refractivity contribution in [2.45, 2.75) is 13.1 Å². The standard InChI is InChI=1S/C21H15ClF3N3O3S2/c1-10(27-28-20(32)26-13-6-7-14(19(30)31)16(22)8-13)15-9-33-18(17(15)29)11-2-4-12(5-3-11)21(23,24)25/h2-9,29H,1H3,(H,30,31)(H2,26,28,32)/b27-10-. The number of carboxylic acids is 1. The molecule has 0 saturated heterocycles. The molecule has 0 aliphatic rings. The fourth-order valence-corrected chi connectivity index (χ4v) is 4.18. The molecular formula is C21H15ClF3N3O3S2. The molecule has 33 heavy (non-hydrogen) atoms. The van der Waals surface area contributed by atoms with E-state index in [2.05, 4.69) is 15.8 Å². The van der Waals surface area contributed by atoms with Gasteiger partial charge in [0.05, 0.1) is 32.3 Å². The summed E-state index contributed by atoms with van der Waals surface area (Å²) < 4.78 is 38.3. The van der Waals surface area contributed by atoms with E-state index in [9.17, 15) is 23.1 Å². The van der Waals surface area contributed by atoms with E-state index in [-0.39, 0.29) is 21.4 Å². The van der Waals surface area contributed by atoms with Crippen LogP contribution in [-0.4, -0.2) is 27.0 Å². The summed E-state index contributed by atoms with van der Waals surface area (Å²) in [7, 11) is 0. The number of benzene rings is 2. The lowest BCUT2D eigenvalue weighted by Gasteiger charge is -2.09. The molecule has 2 aromatic carbocycles. The topological polar surface area (TPSA) is 94.0 Å². The van der Waals surface area contributed by atoms with E-state index in [1.807, 2.05) is 0 Å². The number of hydrazone groups is 1. The van der Waals surface area contributed by atoms with Crippen molar-refractivity contribution in [1.82, 2.24) is 5.43 Å². The number of hydrogen-bond acceptors (Lipinski definition) is 5. The second-order valence-electron chi connectivity index (χ2n) is 6.67. The monoisotopic (exact) mass is 513 g/mol. The maximum absolute atomic E-state index is 12.8. The number of thiocarbonyl (C=S) groups is 1. The van der Waals surface area contributed by atoms with Crippen LogP contribution >= 0.6 is 35.2 Å². The number of anilines is 1. The van der Waals surface area contributed by atoms with Crippen LogP contribution in [0.2, 0.25) is 5.02 Å². The fourth-order valence-electron chi connectivity index (χ4n) is 2.74. The van der Waals surface area contributed by atoms with Crippen molar-refractivity contribution in [2.75, 3.05) is 5.32 Å². The van der Waals surface area contributed by atoms with Crippen LogP contribution in [0.15, 0.2) is 52.9 Å². The highest BCUT2D eigenvalue weighted by Gasteiger charge is 2.30. The summed E-state index contributed by atoms with van der Waals surface area (Å²) in [6.45, 7) is 1.62. The van der Waals surface area contributed by atoms with Gasteiger partial charge >= 0.3 is 12.1 Å². The van der Waals surface area contributed by atoms with Gasteiger partial charge in [0.2, 0.25) is 0 Å². The van der Waals surface area contributed by atoms with Crippen LogP contribution in [-0.2, 0) is 6.18 Å². The number of carboxylic acid groups (broad SMARTS) is 1. The second kappa shape index (κ2) is 9.77. The predicted octanol–water partition coefficient (Wildman–Crippen LogP) is 6.20. The van der Waals surface area contributed by atoms with Crippen LogP contribution in [0.1, 0.15) is 28.4 Å². The number of nitrogens with one attached hydrogen (secondary N) is 2. The first-order chi connectivity index (χ1) is 15.5. The summed E-state index contributed by atoms with van der Waals surface area (Å²) in [5, 5.41) is 28.2. The molecule has 1 heterocycles. The minimum absolute atomic E-state index is 0.0361. The summed E-state index contributed by atoms with van der Waals surface area (Å²) in [6.07, 6.45) is -4.44. The van der Waals surface area contributed by atoms with E-state index in [0.29, 0.717) is 27.4 Å². The van der Waals surface area contributed by atoms with E-state index in [1.165, 1.54) is 30.3 Å². The van der Waals surface area contributed by atoms with E-state index in [0.717, 1.165) is 23.5 Å². The Morgan fingerprint density at radius 1 is 1.15 bits per heavy atom. The fraction of sp³-hybridized carbons (Fsp3) is 0.0952. The van der Waals surface area contributed by atoms with Gasteiger partial charge in [-0.2, -0.15) is 18.3 Å². The molecule has 0 amide bonds. The third-order valence-corrected chi connectivity index (χ3v) is 5.94. The summed E-state index contributed by atoms with van der Waals surface area (Å²) in [5.41, 5.74) is 3.43. The molecule has 3 rings (SSSR count). The highest BCUT2D eigenvalue weighted by Crippen LogP contribution is 2.40. The molecule has 0 saturated carbocycles. The third kappa shape index (κ3) is 5.81. The highest BCUT2D eigenvalue weighted by atomic mass is 35.5. The zero-order valence-corrected chi connectivity index (χ0v) is 19.1. The van der Waals surface area contributed by atoms with E-state index in [4.69, 9.17) is 28.9 Å². The van der Waals surface area contributed by atoms with Gasteiger partial charge in [-0.3, -0.25) is 5.43 Å². The van der Waals surface area contributed by atoms with Crippen molar-refractivity contribution in [2.24, 2.45) is 5.10 Å². The Balaban J connectivity index is 1.70. The highest BCUT2D eigenvalue weighted by molar-refractivity contribution is 7.80. The maximum atomic E-state index is 12.8. The second-order valence-corrected chi connectivity index (χ2v) is 8.36. The van der Waals surface area contributed by atoms with Crippen LogP contribution in [0.5, 0.6) is 5.75 Å². The number of thiophene rings is 1. The van der Waals surface area contributed by atoms with E-state index < -0.39 is 17.7 Å². The molecule has 6 nitrogen and oxygen atoms in total. The Labute approximate surface area is 200 Å². The smallest absolute Gasteiger partial charge is 0.416 e. The molecule has 0 fully saturated rings. The molecule has 0 spiro atoms. The Hall–Kier alpha value is -3.15. The summed E-state index contributed by atoms with van der Waals surface area (Å²) in [4.78, 5) is 11.4. The number of rotatable bonds is 5. The molecule has 1 aromatic heterocycles. The molecule has 0 radical (unpaired) electrons. The van der Waals surface area contributed by atoms with Gasteiger partial charge in [0.15, 0.2) is 5.11 Å². The zero-order chi connectivity index (χ0) is 24.3. The van der Waals surface area contributed by atoms with Gasteiger partial charge in [-0.25, -0.2) is 4.79 Å². The number of alkyl halides is 3. The molecule has 3 aromatic rings. The number of halogens is 4. The van der Waals surface area contributed by atoms with Crippen LogP contribution in [0.4, 0.5) is 18.9 Å². The molecule has 0 unspecified atom stereocenters. The first kappa shape index (κ1) is 24.5. The Morgan fingerprint density at radius 3 is 2.39 bits per heavy atom. The van der Waals surface area contributed by atoms with Crippen LogP contribution in [0.25, 0.3) is 10.4 Å². The SMILES string of the molecule is C/C(=N/NC(=S)Nc1ccc(C(=O)O)c(Cl)c1)c1csc(-c2ccc(C(F)(F)F)cc2)c1O. The summed E-state index contributed by atoms with van der Waals surface area (Å²) in [5.74, 6) is -1.27. The molecule has 0 aliphatic carbocycles. The quantitative estimate of drug-likeness (QED) is 0.184. The van der Waals surface area contributed by atoms with E-state index in [1.54, 1.807) is 12.3 Å². The number of nitrogens with zero attached hydrogens (tertiary/aromatic N) is 1. The van der Waals surface area contributed by atoms with Crippen LogP contribution < -0.4 is 10.7 Å². The average molecular weight is 514 g/mol. The first-order valence-corrected chi connectivity index (χ1v) is 10.8. The van der Waals surface area contributed by atoms with Gasteiger partial charge in [-0.15, -0.1) is 11.3 Å². The maximum Gasteiger partial charge on any atom is 0.416 e. The lowest BCUT2D eigenvalue weighted by atomic mass is 10.1. The first-order valence-electron chi connectivity index (χ1n) is 9.10. The molecule has 12 heteroatoms. The van der Waals surface area contributed by atoms with Crippen LogP contribution in [0.3, 0.4) is 0 Å². The van der Waals surface area contributed by atoms with Crippen molar-refractivity contribution >= 4 is 57.6 Å². The zero-order valence-electron chi connectivity index (χ0n) is 16.7. The van der Waals surface area contributed by atoms with Crippen molar-refractivity contribution in [3.8, 4) is 16.2 Å². The van der Waals surface area contributed by atoms with Gasteiger partial charge in [0, 0.05) is 11.1 Å². The predicted molar refractivity (Wildman–Crippen MR) is 126 cm³/mol. The summed E-state index contributed by atoms with van der Waals surface area (Å²) >= 11 is 12.2. The molecule has 0 aliphatic heterocycles. The van der Waals surface area contributed by atoms with Crippen molar-refractivity contribution in [1.29, 1.82) is 0 Å². The molecular weight excluding hydrogens is 499 g/mol. The molecule has 172 valence electrons. The normalized spacial score (nSPS) is 11.8. The number of aromatic hydroxyl groups is 1. The largest absolute Gasteiger partial charge is 0.506 e. The average Bonchev–Trinajstić information content (AvgIpc) is 3.12. The van der Waals surface area contributed by atoms with Crippen molar-refractivity contribution in [3.63, 3.8) is 0 Å². The Morgan fingerprint density at radius 2 is 1.82 bits per heavy atom. The molecule has 0 atom stereocenters. The lowest BCUT2D eigenvalue weighted by Crippen LogP contribution is -2.25. The van der Waals surface area contributed by atoms with Gasteiger partial charge in [0.25, 0.3) is 0 Å². The minimum Gasteiger partial charge on any atom is -0.506 e. The third-order valence-electron chi connectivity index (χ3n) is 4.41. The Bertz CT molecular complexity index is 1240. The van der Waals surface area contributed by atoms with Crippen molar-refractivity contribution < 1.29 is 28.2 Å². The lowest BCUT2D eigenvalue weighted by molar-refractivity contribution is -0.137. The summed E-state index contributed by atoms with van der Waals surface area (Å²) in [6, 6.07) is 8.71. The van der Waals surface area contributed by atoms with Gasteiger partial charge in [0.1, 0.15) is 5.75 Å². The number of aromatic carboxylic acids is 1. The Kier molecular flexibility index (Phi) is 7.25. The molecule has 4 N–H and O–H groups in total. The number of hydrogen-bond donors (Lipinski definition) is 4. The van der Waals surface area contributed by atoms with Gasteiger partial charge < -0.3 is 15.5 Å². The van der Waals surface area contributed by atoms with Crippen molar-refractivity contribution in [3.05, 3.63) is 69.6 Å². The number of carbonyl (C=O) groups is 1. The van der Waals surface area contributed by atoms with Crippen LogP contribution in [0, 0.1) is 0 Å².